The van der Waals surface area contributed by atoms with Crippen LogP contribution in [0.4, 0.5) is 26.3 Å². The molecule has 1 N–H and O–H groups in total. The van der Waals surface area contributed by atoms with Crippen LogP contribution in [-0.2, 0) is 25.3 Å². The maximum absolute atomic E-state index is 13.9. The van der Waals surface area contributed by atoms with E-state index in [1.807, 2.05) is 19.1 Å². The summed E-state index contributed by atoms with van der Waals surface area (Å²) in [4.78, 5) is 4.68. The molecule has 1 unspecified atom stereocenters. The third kappa shape index (κ3) is 5.58. The van der Waals surface area contributed by atoms with Gasteiger partial charge in [-0.15, -0.1) is 10.2 Å². The van der Waals surface area contributed by atoms with Crippen LogP contribution < -0.4 is 0 Å². The fourth-order valence-electron chi connectivity index (χ4n) is 4.12. The molecule has 3 aromatic heterocycles. The molecule has 0 aliphatic carbocycles. The molecule has 38 heavy (non-hydrogen) atoms. The quantitative estimate of drug-likeness (QED) is 0.256. The second-order valence-electron chi connectivity index (χ2n) is 8.98. The van der Waals surface area contributed by atoms with Gasteiger partial charge in [0.1, 0.15) is 17.2 Å². The Kier molecular flexibility index (Phi) is 7.61. The minimum absolute atomic E-state index is 0.0608. The van der Waals surface area contributed by atoms with Crippen LogP contribution in [0.15, 0.2) is 30.3 Å². The van der Waals surface area contributed by atoms with Crippen LogP contribution in [0.1, 0.15) is 74.4 Å². The summed E-state index contributed by atoms with van der Waals surface area (Å²) in [6.45, 7) is 6.46. The van der Waals surface area contributed by atoms with Gasteiger partial charge in [0, 0.05) is 18.0 Å². The fourth-order valence-corrected chi connectivity index (χ4v) is 4.12. The number of nitrogens with one attached hydrogen (secondary N) is 1. The molecular formula is C24H26F6N8. The van der Waals surface area contributed by atoms with E-state index in [2.05, 4.69) is 32.4 Å². The Morgan fingerprint density at radius 1 is 1.00 bits per heavy atom. The van der Waals surface area contributed by atoms with Gasteiger partial charge in [-0.2, -0.15) is 36.7 Å². The number of halogens is 6. The molecule has 0 saturated carbocycles. The number of hydrogen-bond donors (Lipinski definition) is 1. The number of aryl methyl sites for hydroxylation is 1. The largest absolute Gasteiger partial charge is 0.431 e. The van der Waals surface area contributed by atoms with Crippen molar-refractivity contribution in [2.75, 3.05) is 0 Å². The first-order valence-corrected chi connectivity index (χ1v) is 12.1. The van der Waals surface area contributed by atoms with Crippen LogP contribution in [0.3, 0.4) is 0 Å². The van der Waals surface area contributed by atoms with Crippen molar-refractivity contribution in [3.63, 3.8) is 0 Å². The van der Waals surface area contributed by atoms with Gasteiger partial charge in [-0.25, -0.2) is 9.67 Å². The normalized spacial score (nSPS) is 13.3. The van der Waals surface area contributed by atoms with E-state index in [-0.39, 0.29) is 17.7 Å². The highest BCUT2D eigenvalue weighted by Crippen LogP contribution is 2.44. The Morgan fingerprint density at radius 2 is 1.71 bits per heavy atom. The summed E-state index contributed by atoms with van der Waals surface area (Å²) in [5.74, 6) is 1.06. The van der Waals surface area contributed by atoms with Crippen molar-refractivity contribution in [2.24, 2.45) is 0 Å². The van der Waals surface area contributed by atoms with Gasteiger partial charge in [-0.05, 0) is 41.8 Å². The first-order chi connectivity index (χ1) is 17.9. The van der Waals surface area contributed by atoms with Crippen LogP contribution in [0.5, 0.6) is 0 Å². The predicted octanol–water partition coefficient (Wildman–Crippen LogP) is 6.19. The standard InChI is InChI=1S/C24H26F6N8/c1-4-6-7-19-31-22(14(3)5-2)37(34-19)13-15-8-10-16(11-9-15)38-18(24(28,29)30)12-17(23(25,26)27)20(38)21-32-35-36-33-21/h8-12,14H,4-7,13H2,1-3H3,(H,32,33,35,36). The molecule has 4 aromatic rings. The summed E-state index contributed by atoms with van der Waals surface area (Å²) in [6, 6.07) is 5.82. The molecule has 0 spiro atoms. The van der Waals surface area contributed by atoms with Crippen LogP contribution in [0.25, 0.3) is 17.2 Å². The lowest BCUT2D eigenvalue weighted by Crippen LogP contribution is -2.14. The summed E-state index contributed by atoms with van der Waals surface area (Å²) in [6.07, 6.45) is -6.65. The zero-order chi connectivity index (χ0) is 27.7. The van der Waals surface area contributed by atoms with Gasteiger partial charge in [0.2, 0.25) is 5.82 Å². The van der Waals surface area contributed by atoms with Crippen molar-refractivity contribution in [1.82, 2.24) is 40.0 Å². The molecule has 0 aliphatic heterocycles. The molecule has 4 rings (SSSR count). The van der Waals surface area contributed by atoms with Gasteiger partial charge < -0.3 is 4.57 Å². The van der Waals surface area contributed by atoms with Crippen LogP contribution in [-0.4, -0.2) is 40.0 Å². The summed E-state index contributed by atoms with van der Waals surface area (Å²) in [5, 5.41) is 16.9. The molecule has 8 nitrogen and oxygen atoms in total. The molecule has 0 aliphatic rings. The van der Waals surface area contributed by atoms with E-state index < -0.39 is 35.1 Å². The van der Waals surface area contributed by atoms with E-state index in [4.69, 9.17) is 0 Å². The summed E-state index contributed by atoms with van der Waals surface area (Å²) in [7, 11) is 0. The molecule has 0 bridgehead atoms. The molecule has 0 amide bonds. The van der Waals surface area contributed by atoms with E-state index in [1.165, 1.54) is 12.1 Å². The molecule has 14 heteroatoms. The van der Waals surface area contributed by atoms with Crippen molar-refractivity contribution in [1.29, 1.82) is 0 Å². The van der Waals surface area contributed by atoms with E-state index in [9.17, 15) is 26.3 Å². The minimum atomic E-state index is -5.09. The van der Waals surface area contributed by atoms with Crippen molar-refractivity contribution in [2.45, 2.75) is 71.3 Å². The number of H-pyrrole nitrogens is 1. The molecular weight excluding hydrogens is 514 g/mol. The molecule has 1 atom stereocenters. The van der Waals surface area contributed by atoms with Gasteiger partial charge in [-0.1, -0.05) is 39.3 Å². The lowest BCUT2D eigenvalue weighted by Gasteiger charge is -2.16. The average Bonchev–Trinajstić information content (AvgIpc) is 3.60. The second kappa shape index (κ2) is 10.6. The topological polar surface area (TPSA) is 90.1 Å². The van der Waals surface area contributed by atoms with Gasteiger partial charge in [0.15, 0.2) is 5.82 Å². The number of alkyl halides is 6. The lowest BCUT2D eigenvalue weighted by molar-refractivity contribution is -0.143. The van der Waals surface area contributed by atoms with Crippen LogP contribution >= 0.6 is 0 Å². The zero-order valence-electron chi connectivity index (χ0n) is 20.9. The van der Waals surface area contributed by atoms with E-state index in [1.54, 1.807) is 16.8 Å². The molecule has 0 saturated heterocycles. The van der Waals surface area contributed by atoms with Crippen molar-refractivity contribution in [3.8, 4) is 17.2 Å². The van der Waals surface area contributed by atoms with Gasteiger partial charge >= 0.3 is 12.4 Å². The highest BCUT2D eigenvalue weighted by molar-refractivity contribution is 5.63. The Morgan fingerprint density at radius 3 is 2.26 bits per heavy atom. The Labute approximate surface area is 214 Å². The zero-order valence-corrected chi connectivity index (χ0v) is 20.9. The molecule has 1 aromatic carbocycles. The highest BCUT2D eigenvalue weighted by atomic mass is 19.4. The average molecular weight is 541 g/mol. The van der Waals surface area contributed by atoms with Crippen LogP contribution in [0, 0.1) is 0 Å². The lowest BCUT2D eigenvalue weighted by atomic mass is 10.1. The Hall–Kier alpha value is -3.71. The number of aromatic nitrogens is 8. The van der Waals surface area contributed by atoms with E-state index >= 15 is 0 Å². The van der Waals surface area contributed by atoms with Crippen LogP contribution in [0.2, 0.25) is 0 Å². The summed E-state index contributed by atoms with van der Waals surface area (Å²) in [5.41, 5.74) is -3.32. The summed E-state index contributed by atoms with van der Waals surface area (Å²) >= 11 is 0. The van der Waals surface area contributed by atoms with Crippen molar-refractivity contribution in [3.05, 3.63) is 58.8 Å². The number of benzene rings is 1. The fraction of sp³-hybridized carbons (Fsp3) is 0.458. The number of aromatic amines is 1. The number of rotatable bonds is 9. The first kappa shape index (κ1) is 27.3. The number of hydrogen-bond acceptors (Lipinski definition) is 5. The van der Waals surface area contributed by atoms with Gasteiger partial charge in [0.05, 0.1) is 12.1 Å². The third-order valence-electron chi connectivity index (χ3n) is 6.23. The van der Waals surface area contributed by atoms with Gasteiger partial charge in [0.25, 0.3) is 0 Å². The maximum atomic E-state index is 13.9. The molecule has 0 radical (unpaired) electrons. The second-order valence-corrected chi connectivity index (χ2v) is 8.98. The third-order valence-corrected chi connectivity index (χ3v) is 6.23. The maximum Gasteiger partial charge on any atom is 0.431 e. The number of tetrazole rings is 1. The minimum Gasteiger partial charge on any atom is -0.302 e. The van der Waals surface area contributed by atoms with Gasteiger partial charge in [-0.3, -0.25) is 0 Å². The van der Waals surface area contributed by atoms with E-state index in [0.29, 0.717) is 16.7 Å². The first-order valence-electron chi connectivity index (χ1n) is 12.1. The van der Waals surface area contributed by atoms with Crippen molar-refractivity contribution >= 4 is 0 Å². The molecule has 3 heterocycles. The van der Waals surface area contributed by atoms with E-state index in [0.717, 1.165) is 37.3 Å². The Bertz CT molecular complexity index is 1350. The number of nitrogens with zero attached hydrogens (tertiary/aromatic N) is 7. The highest BCUT2D eigenvalue weighted by Gasteiger charge is 2.45. The SMILES string of the molecule is CCCCc1nc(C(C)CC)n(Cc2ccc(-n3c(C(F)(F)F)cc(C(F)(F)F)c3-c3nn[nH]n3)cc2)n1. The van der Waals surface area contributed by atoms with Crippen molar-refractivity contribution < 1.29 is 26.3 Å². The Balaban J connectivity index is 1.76. The predicted molar refractivity (Wildman–Crippen MR) is 125 cm³/mol. The molecule has 0 fully saturated rings. The smallest absolute Gasteiger partial charge is 0.302 e. The monoisotopic (exact) mass is 540 g/mol. The molecule has 204 valence electrons. The number of unbranched alkanes of at least 4 members (excludes halogenated alkanes) is 1. The summed E-state index contributed by atoms with van der Waals surface area (Å²) < 4.78 is 85.2.